The second-order valence-corrected chi connectivity index (χ2v) is 6.78. The smallest absolute Gasteiger partial charge is 0.256 e. The third kappa shape index (κ3) is 2.91. The Bertz CT molecular complexity index is 385. The van der Waals surface area contributed by atoms with Gasteiger partial charge in [0.25, 0.3) is 5.22 Å². The molecule has 1 saturated carbocycles. The Morgan fingerprint density at radius 2 is 2.00 bits per heavy atom. The quantitative estimate of drug-likeness (QED) is 0.911. The maximum Gasteiger partial charge on any atom is 0.256 e. The van der Waals surface area contributed by atoms with Gasteiger partial charge in [0.15, 0.2) is 0 Å². The molecule has 0 radical (unpaired) electrons. The zero-order valence-corrected chi connectivity index (χ0v) is 12.8. The predicted molar refractivity (Wildman–Crippen MR) is 76.0 cm³/mol. The van der Waals surface area contributed by atoms with E-state index in [4.69, 9.17) is 4.42 Å². The minimum absolute atomic E-state index is 0.557. The number of rotatable bonds is 3. The lowest BCUT2D eigenvalue weighted by Gasteiger charge is -2.38. The molecule has 1 N–H and O–H groups in total. The number of thioether (sulfide) groups is 1. The zero-order chi connectivity index (χ0) is 13.3. The summed E-state index contributed by atoms with van der Waals surface area (Å²) < 4.78 is 5.71. The molecule has 0 aliphatic heterocycles. The topological polar surface area (TPSA) is 38.1 Å². The largest absolute Gasteiger partial charge is 0.437 e. The fourth-order valence-electron chi connectivity index (χ4n) is 2.92. The number of nitrogens with one attached hydrogen (secondary N) is 1. The summed E-state index contributed by atoms with van der Waals surface area (Å²) in [5, 5.41) is 4.86. The molecule has 1 aliphatic carbocycles. The molecule has 1 fully saturated rings. The summed E-state index contributed by atoms with van der Waals surface area (Å²) in [6.45, 7) is 8.68. The molecular weight excluding hydrogens is 244 g/mol. The Morgan fingerprint density at radius 3 is 2.56 bits per heavy atom. The van der Waals surface area contributed by atoms with Gasteiger partial charge in [-0.15, -0.1) is 0 Å². The van der Waals surface area contributed by atoms with Crippen LogP contribution in [0.2, 0.25) is 0 Å². The Labute approximate surface area is 114 Å². The van der Waals surface area contributed by atoms with E-state index in [2.05, 4.69) is 31.2 Å². The standard InChI is InChI=1S/C14H24N2OS/c1-8-6-9(2)13(12(7-8)15-5)18-14-16-10(3)11(4)17-14/h8-9,12-13,15H,6-7H2,1-5H3. The first kappa shape index (κ1) is 13.9. The highest BCUT2D eigenvalue weighted by molar-refractivity contribution is 7.99. The van der Waals surface area contributed by atoms with Crippen molar-refractivity contribution in [2.75, 3.05) is 7.05 Å². The van der Waals surface area contributed by atoms with E-state index in [0.717, 1.165) is 22.6 Å². The minimum Gasteiger partial charge on any atom is -0.437 e. The second-order valence-electron chi connectivity index (χ2n) is 5.65. The lowest BCUT2D eigenvalue weighted by atomic mass is 9.80. The fraction of sp³-hybridized carbons (Fsp3) is 0.786. The van der Waals surface area contributed by atoms with Crippen LogP contribution in [0.15, 0.2) is 9.64 Å². The molecule has 1 heterocycles. The van der Waals surface area contributed by atoms with Crippen molar-refractivity contribution in [2.24, 2.45) is 11.8 Å². The van der Waals surface area contributed by atoms with E-state index in [1.165, 1.54) is 12.8 Å². The van der Waals surface area contributed by atoms with Crippen LogP contribution in [-0.2, 0) is 0 Å². The molecule has 4 atom stereocenters. The molecule has 0 amide bonds. The van der Waals surface area contributed by atoms with Gasteiger partial charge in [0.05, 0.1) is 5.69 Å². The van der Waals surface area contributed by atoms with E-state index in [1.807, 2.05) is 13.8 Å². The zero-order valence-electron chi connectivity index (χ0n) is 12.0. The summed E-state index contributed by atoms with van der Waals surface area (Å²) in [6, 6.07) is 0.557. The van der Waals surface area contributed by atoms with Crippen LogP contribution in [0.5, 0.6) is 0 Å². The summed E-state index contributed by atoms with van der Waals surface area (Å²) in [5.74, 6) is 2.45. The van der Waals surface area contributed by atoms with Crippen LogP contribution in [0.25, 0.3) is 0 Å². The second kappa shape index (κ2) is 5.66. The minimum atomic E-state index is 0.557. The number of oxazole rings is 1. The molecule has 4 unspecified atom stereocenters. The van der Waals surface area contributed by atoms with Crippen LogP contribution in [0.3, 0.4) is 0 Å². The van der Waals surface area contributed by atoms with Gasteiger partial charge in [-0.1, -0.05) is 25.6 Å². The van der Waals surface area contributed by atoms with Crippen molar-refractivity contribution >= 4 is 11.8 Å². The molecule has 102 valence electrons. The summed E-state index contributed by atoms with van der Waals surface area (Å²) in [5.41, 5.74) is 1.01. The van der Waals surface area contributed by atoms with E-state index in [9.17, 15) is 0 Å². The van der Waals surface area contributed by atoms with Gasteiger partial charge in [-0.05, 0) is 45.6 Å². The average molecular weight is 268 g/mol. The van der Waals surface area contributed by atoms with Gasteiger partial charge in [0.1, 0.15) is 5.76 Å². The molecule has 1 aromatic rings. The molecular formula is C14H24N2OS. The first-order chi connectivity index (χ1) is 8.51. The van der Waals surface area contributed by atoms with Crippen LogP contribution in [-0.4, -0.2) is 23.3 Å². The lowest BCUT2D eigenvalue weighted by molar-refractivity contribution is 0.255. The van der Waals surface area contributed by atoms with E-state index in [0.29, 0.717) is 17.2 Å². The van der Waals surface area contributed by atoms with Crippen molar-refractivity contribution in [3.63, 3.8) is 0 Å². The van der Waals surface area contributed by atoms with Gasteiger partial charge in [-0.25, -0.2) is 4.98 Å². The number of hydrogen-bond acceptors (Lipinski definition) is 4. The highest BCUT2D eigenvalue weighted by Gasteiger charge is 2.34. The molecule has 0 bridgehead atoms. The van der Waals surface area contributed by atoms with Gasteiger partial charge in [0.2, 0.25) is 0 Å². The molecule has 1 aliphatic rings. The molecule has 4 heteroatoms. The maximum absolute atomic E-state index is 5.71. The number of hydrogen-bond donors (Lipinski definition) is 1. The normalized spacial score (nSPS) is 32.7. The van der Waals surface area contributed by atoms with Crippen molar-refractivity contribution < 1.29 is 4.42 Å². The number of nitrogens with zero attached hydrogens (tertiary/aromatic N) is 1. The van der Waals surface area contributed by atoms with Gasteiger partial charge < -0.3 is 9.73 Å². The van der Waals surface area contributed by atoms with Crippen LogP contribution >= 0.6 is 11.8 Å². The summed E-state index contributed by atoms with van der Waals surface area (Å²) in [4.78, 5) is 4.50. The van der Waals surface area contributed by atoms with Crippen molar-refractivity contribution in [2.45, 2.75) is 57.1 Å². The Balaban J connectivity index is 2.10. The van der Waals surface area contributed by atoms with E-state index in [1.54, 1.807) is 11.8 Å². The highest BCUT2D eigenvalue weighted by atomic mass is 32.2. The van der Waals surface area contributed by atoms with Crippen LogP contribution in [0.1, 0.15) is 38.1 Å². The summed E-state index contributed by atoms with van der Waals surface area (Å²) in [6.07, 6.45) is 2.55. The molecule has 0 spiro atoms. The van der Waals surface area contributed by atoms with Crippen LogP contribution in [0, 0.1) is 25.7 Å². The van der Waals surface area contributed by atoms with Gasteiger partial charge in [-0.2, -0.15) is 0 Å². The first-order valence-electron chi connectivity index (χ1n) is 6.79. The van der Waals surface area contributed by atoms with Crippen molar-refractivity contribution in [1.29, 1.82) is 0 Å². The highest BCUT2D eigenvalue weighted by Crippen LogP contribution is 2.39. The Kier molecular flexibility index (Phi) is 4.38. The molecule has 3 nitrogen and oxygen atoms in total. The molecule has 1 aromatic heterocycles. The monoisotopic (exact) mass is 268 g/mol. The predicted octanol–water partition coefficient (Wildman–Crippen LogP) is 3.41. The van der Waals surface area contributed by atoms with E-state index >= 15 is 0 Å². The Morgan fingerprint density at radius 1 is 1.28 bits per heavy atom. The fourth-order valence-corrected chi connectivity index (χ4v) is 4.27. The summed E-state index contributed by atoms with van der Waals surface area (Å²) >= 11 is 1.80. The van der Waals surface area contributed by atoms with Gasteiger partial charge in [-0.3, -0.25) is 0 Å². The number of aromatic nitrogens is 1. The van der Waals surface area contributed by atoms with Crippen molar-refractivity contribution in [3.8, 4) is 0 Å². The van der Waals surface area contributed by atoms with Crippen LogP contribution in [0.4, 0.5) is 0 Å². The molecule has 18 heavy (non-hydrogen) atoms. The first-order valence-corrected chi connectivity index (χ1v) is 7.67. The lowest BCUT2D eigenvalue weighted by Crippen LogP contribution is -2.44. The van der Waals surface area contributed by atoms with Crippen LogP contribution < -0.4 is 5.32 Å². The van der Waals surface area contributed by atoms with Crippen molar-refractivity contribution in [3.05, 3.63) is 11.5 Å². The SMILES string of the molecule is CNC1CC(C)CC(C)C1Sc1nc(C)c(C)o1. The van der Waals surface area contributed by atoms with E-state index < -0.39 is 0 Å². The van der Waals surface area contributed by atoms with Gasteiger partial charge in [0, 0.05) is 11.3 Å². The third-order valence-electron chi connectivity index (χ3n) is 4.00. The Hall–Kier alpha value is -0.480. The van der Waals surface area contributed by atoms with Gasteiger partial charge >= 0.3 is 0 Å². The average Bonchev–Trinajstić information content (AvgIpc) is 2.61. The third-order valence-corrected chi connectivity index (χ3v) is 5.45. The van der Waals surface area contributed by atoms with E-state index in [-0.39, 0.29) is 0 Å². The number of aryl methyl sites for hydroxylation is 2. The molecule has 0 saturated heterocycles. The molecule has 0 aromatic carbocycles. The van der Waals surface area contributed by atoms with Crippen molar-refractivity contribution in [1.82, 2.24) is 10.3 Å². The molecule has 2 rings (SSSR count). The summed E-state index contributed by atoms with van der Waals surface area (Å²) in [7, 11) is 2.06. The maximum atomic E-state index is 5.71.